The predicted molar refractivity (Wildman–Crippen MR) is 132 cm³/mol. The zero-order chi connectivity index (χ0) is 26.5. The van der Waals surface area contributed by atoms with Crippen molar-refractivity contribution in [3.05, 3.63) is 76.6 Å². The molecule has 3 N–H and O–H groups in total. The zero-order valence-electron chi connectivity index (χ0n) is 19.0. The molecule has 36 heavy (non-hydrogen) atoms. The number of nitrogens with one attached hydrogen (secondary N) is 1. The van der Waals surface area contributed by atoms with E-state index >= 15 is 0 Å². The summed E-state index contributed by atoms with van der Waals surface area (Å²) < 4.78 is 67.6. The SMILES string of the molecule is CC(C)NC(=O)Oc1ccccc1N=C(C=C(N)C(F)(F)F)c1cc(-c2cccc(S(=O)[O-])c2)cs1. The lowest BCUT2D eigenvalue weighted by molar-refractivity contribution is -0.0925. The third kappa shape index (κ3) is 7.26. The molecule has 0 aliphatic carbocycles. The summed E-state index contributed by atoms with van der Waals surface area (Å²) in [4.78, 5) is 16.8. The molecule has 1 heterocycles. The number of amides is 1. The van der Waals surface area contributed by atoms with Gasteiger partial charge in [0.25, 0.3) is 0 Å². The van der Waals surface area contributed by atoms with Gasteiger partial charge in [-0.3, -0.25) is 4.21 Å². The van der Waals surface area contributed by atoms with Crippen molar-refractivity contribution >= 4 is 39.9 Å². The molecule has 0 aliphatic rings. The number of thiophene rings is 1. The Morgan fingerprint density at radius 1 is 1.17 bits per heavy atom. The summed E-state index contributed by atoms with van der Waals surface area (Å²) in [6.45, 7) is 3.49. The molecule has 2 aromatic carbocycles. The predicted octanol–water partition coefficient (Wildman–Crippen LogP) is 5.68. The van der Waals surface area contributed by atoms with Crippen LogP contribution < -0.4 is 15.8 Å². The topological polar surface area (TPSA) is 117 Å². The Balaban J connectivity index is 2.07. The van der Waals surface area contributed by atoms with Crippen LogP contribution in [0.25, 0.3) is 11.1 Å². The molecule has 0 saturated carbocycles. The summed E-state index contributed by atoms with van der Waals surface area (Å²) in [5.41, 5.74) is 5.04. The molecule has 1 atom stereocenters. The fourth-order valence-corrected chi connectivity index (χ4v) is 4.21. The first kappa shape index (κ1) is 27.1. The highest BCUT2D eigenvalue weighted by Gasteiger charge is 2.32. The number of rotatable bonds is 7. The molecule has 0 fully saturated rings. The number of benzene rings is 2. The lowest BCUT2D eigenvalue weighted by Gasteiger charge is -2.11. The smallest absolute Gasteiger partial charge is 0.430 e. The van der Waals surface area contributed by atoms with Crippen molar-refractivity contribution in [3.8, 4) is 16.9 Å². The number of nitrogens with two attached hydrogens (primary N) is 1. The Labute approximate surface area is 211 Å². The van der Waals surface area contributed by atoms with E-state index in [9.17, 15) is 26.7 Å². The first-order valence-electron chi connectivity index (χ1n) is 10.4. The second kappa shape index (κ2) is 11.5. The van der Waals surface area contributed by atoms with Gasteiger partial charge in [0.15, 0.2) is 5.75 Å². The average Bonchev–Trinajstić information content (AvgIpc) is 3.29. The number of halogens is 3. The number of aliphatic imine (C=N–C) groups is 1. The summed E-state index contributed by atoms with van der Waals surface area (Å²) in [7, 11) is 0. The Hall–Kier alpha value is -3.48. The van der Waals surface area contributed by atoms with Gasteiger partial charge in [-0.1, -0.05) is 24.3 Å². The van der Waals surface area contributed by atoms with Crippen molar-refractivity contribution in [3.63, 3.8) is 0 Å². The number of hydrogen-bond acceptors (Lipinski definition) is 7. The number of para-hydroxylation sites is 2. The molecule has 3 aromatic rings. The number of allylic oxidation sites excluding steroid dienone is 2. The van der Waals surface area contributed by atoms with Gasteiger partial charge in [0.1, 0.15) is 11.4 Å². The van der Waals surface area contributed by atoms with E-state index in [4.69, 9.17) is 10.5 Å². The maximum atomic E-state index is 13.2. The minimum atomic E-state index is -4.79. The van der Waals surface area contributed by atoms with Crippen LogP contribution in [-0.4, -0.2) is 32.8 Å². The molecule has 0 bridgehead atoms. The quantitative estimate of drug-likeness (QED) is 0.298. The van der Waals surface area contributed by atoms with Gasteiger partial charge in [-0.2, -0.15) is 13.2 Å². The van der Waals surface area contributed by atoms with Crippen molar-refractivity contribution in [2.24, 2.45) is 10.7 Å². The molecule has 0 radical (unpaired) electrons. The fraction of sp³-hybridized carbons (Fsp3) is 0.167. The molecule has 7 nitrogen and oxygen atoms in total. The first-order valence-corrected chi connectivity index (χ1v) is 12.4. The lowest BCUT2D eigenvalue weighted by Crippen LogP contribution is -2.32. The molecule has 1 amide bonds. The number of carbonyl (C=O) groups is 1. The standard InChI is InChI=1S/C24H22F3N3O4S2/c1-14(2)29-23(31)34-20-9-4-3-8-18(20)30-19(12-22(28)24(25,26)27)21-11-16(13-35-21)15-6-5-7-17(10-15)36(32)33/h3-14H,28H2,1-2H3,(H,29,31)(H,32,33)/p-1. The molecule has 1 unspecified atom stereocenters. The van der Waals surface area contributed by atoms with Gasteiger partial charge in [-0.05, 0) is 77.8 Å². The molecule has 1 aromatic heterocycles. The van der Waals surface area contributed by atoms with E-state index < -0.39 is 29.0 Å². The number of nitrogens with zero attached hydrogens (tertiary/aromatic N) is 1. The van der Waals surface area contributed by atoms with E-state index in [1.54, 1.807) is 49.6 Å². The number of hydrogen-bond donors (Lipinski definition) is 2. The van der Waals surface area contributed by atoms with Crippen LogP contribution in [-0.2, 0) is 11.1 Å². The summed E-state index contributed by atoms with van der Waals surface area (Å²) in [5, 5.41) is 4.22. The van der Waals surface area contributed by atoms with E-state index in [2.05, 4.69) is 10.3 Å². The first-order chi connectivity index (χ1) is 16.9. The van der Waals surface area contributed by atoms with Gasteiger partial charge in [0.05, 0.1) is 10.6 Å². The third-order valence-electron chi connectivity index (χ3n) is 4.55. The maximum Gasteiger partial charge on any atom is 0.430 e. The van der Waals surface area contributed by atoms with E-state index in [0.717, 1.165) is 11.3 Å². The summed E-state index contributed by atoms with van der Waals surface area (Å²) in [6, 6.07) is 13.6. The Kier molecular flexibility index (Phi) is 8.66. The monoisotopic (exact) mass is 536 g/mol. The molecule has 0 aliphatic heterocycles. The molecule has 3 rings (SSSR count). The van der Waals surface area contributed by atoms with E-state index in [-0.39, 0.29) is 28.1 Å². The van der Waals surface area contributed by atoms with E-state index in [1.807, 2.05) is 0 Å². The Morgan fingerprint density at radius 3 is 2.56 bits per heavy atom. The van der Waals surface area contributed by atoms with Crippen LogP contribution in [0.1, 0.15) is 18.7 Å². The van der Waals surface area contributed by atoms with Crippen LogP contribution in [0, 0.1) is 0 Å². The van der Waals surface area contributed by atoms with Crippen molar-refractivity contribution in [2.75, 3.05) is 0 Å². The molecule has 12 heteroatoms. The summed E-state index contributed by atoms with van der Waals surface area (Å²) in [5.74, 6) is 0.0366. The summed E-state index contributed by atoms with van der Waals surface area (Å²) in [6.07, 6.45) is -4.84. The largest absolute Gasteiger partial charge is 0.768 e. The maximum absolute atomic E-state index is 13.2. The van der Waals surface area contributed by atoms with E-state index in [1.165, 1.54) is 24.3 Å². The molecular weight excluding hydrogens is 515 g/mol. The second-order valence-corrected chi connectivity index (χ2v) is 9.56. The molecule has 190 valence electrons. The van der Waals surface area contributed by atoms with E-state index in [0.29, 0.717) is 22.1 Å². The normalized spacial score (nSPS) is 13.5. The van der Waals surface area contributed by atoms with Crippen LogP contribution in [0.4, 0.5) is 23.7 Å². The van der Waals surface area contributed by atoms with Gasteiger partial charge in [0, 0.05) is 10.9 Å². The van der Waals surface area contributed by atoms with Crippen molar-refractivity contribution in [2.45, 2.75) is 31.0 Å². The van der Waals surface area contributed by atoms with Crippen LogP contribution >= 0.6 is 11.3 Å². The highest BCUT2D eigenvalue weighted by molar-refractivity contribution is 7.79. The average molecular weight is 537 g/mol. The molecular formula is C24H21F3N3O4S2-. The highest BCUT2D eigenvalue weighted by Crippen LogP contribution is 2.32. The van der Waals surface area contributed by atoms with Crippen molar-refractivity contribution in [1.29, 1.82) is 0 Å². The van der Waals surface area contributed by atoms with Crippen molar-refractivity contribution < 1.29 is 31.5 Å². The van der Waals surface area contributed by atoms with Gasteiger partial charge in [-0.25, -0.2) is 9.79 Å². The summed E-state index contributed by atoms with van der Waals surface area (Å²) >= 11 is -1.34. The zero-order valence-corrected chi connectivity index (χ0v) is 20.7. The molecule has 0 saturated heterocycles. The van der Waals surface area contributed by atoms with Gasteiger partial charge >= 0.3 is 12.3 Å². The highest BCUT2D eigenvalue weighted by atomic mass is 32.2. The van der Waals surface area contributed by atoms with Crippen LogP contribution in [0.2, 0.25) is 0 Å². The van der Waals surface area contributed by atoms with Gasteiger partial charge in [-0.15, -0.1) is 11.3 Å². The number of carbonyl (C=O) groups excluding carboxylic acids is 1. The Morgan fingerprint density at radius 2 is 1.89 bits per heavy atom. The lowest BCUT2D eigenvalue weighted by atomic mass is 10.1. The Bertz CT molecular complexity index is 1330. The van der Waals surface area contributed by atoms with Crippen LogP contribution in [0.3, 0.4) is 0 Å². The van der Waals surface area contributed by atoms with Crippen LogP contribution in [0.15, 0.2) is 81.6 Å². The molecule has 0 spiro atoms. The van der Waals surface area contributed by atoms with Gasteiger partial charge in [0.2, 0.25) is 0 Å². The minimum absolute atomic E-state index is 0.0366. The third-order valence-corrected chi connectivity index (χ3v) is 6.14. The second-order valence-electron chi connectivity index (χ2n) is 7.71. The fourth-order valence-electron chi connectivity index (χ4n) is 2.92. The number of alkyl halides is 3. The van der Waals surface area contributed by atoms with Crippen LogP contribution in [0.5, 0.6) is 5.75 Å². The number of ether oxygens (including phenoxy) is 1. The van der Waals surface area contributed by atoms with Gasteiger partial charge < -0.3 is 20.3 Å². The van der Waals surface area contributed by atoms with Crippen molar-refractivity contribution in [1.82, 2.24) is 5.32 Å². The minimum Gasteiger partial charge on any atom is -0.768 e.